The molecule has 74 valence electrons. The third kappa shape index (κ3) is 1.66. The summed E-state index contributed by atoms with van der Waals surface area (Å²) in [6, 6.07) is 0. The summed E-state index contributed by atoms with van der Waals surface area (Å²) in [6.07, 6.45) is 5.21. The van der Waals surface area contributed by atoms with E-state index in [-0.39, 0.29) is 16.4 Å². The van der Waals surface area contributed by atoms with Gasteiger partial charge in [0.05, 0.1) is 5.92 Å². The lowest BCUT2D eigenvalue weighted by Gasteiger charge is -2.26. The van der Waals surface area contributed by atoms with Gasteiger partial charge in [0.15, 0.2) is 0 Å². The number of hydrogen-bond acceptors (Lipinski definition) is 1. The molecular formula is C10H16O2S. The Morgan fingerprint density at radius 3 is 2.69 bits per heavy atom. The molecule has 0 aliphatic heterocycles. The Hall–Kier alpha value is -0.310. The van der Waals surface area contributed by atoms with Crippen molar-refractivity contribution >= 4 is 22.3 Å². The molecule has 5 atom stereocenters. The third-order valence-corrected chi connectivity index (χ3v) is 5.00. The minimum atomic E-state index is -0.596. The lowest BCUT2D eigenvalue weighted by atomic mass is 9.89. The van der Waals surface area contributed by atoms with Gasteiger partial charge >= 0.3 is 5.97 Å². The van der Waals surface area contributed by atoms with Crippen molar-refractivity contribution in [3.05, 3.63) is 0 Å². The minimum Gasteiger partial charge on any atom is -0.481 e. The van der Waals surface area contributed by atoms with Crippen molar-refractivity contribution in [1.29, 1.82) is 0 Å². The predicted octanol–water partition coefficient (Wildman–Crippen LogP) is 1.82. The van der Waals surface area contributed by atoms with Gasteiger partial charge in [-0.05, 0) is 37.4 Å². The second kappa shape index (κ2) is 3.12. The van der Waals surface area contributed by atoms with Gasteiger partial charge in [0, 0.05) is 5.25 Å². The minimum absolute atomic E-state index is 0.0783. The number of hydrogen-bond donors (Lipinski definition) is 1. The molecule has 13 heavy (non-hydrogen) atoms. The van der Waals surface area contributed by atoms with Gasteiger partial charge < -0.3 is 5.11 Å². The highest BCUT2D eigenvalue weighted by Gasteiger charge is 2.49. The van der Waals surface area contributed by atoms with Crippen molar-refractivity contribution in [1.82, 2.24) is 0 Å². The molecular weight excluding hydrogens is 184 g/mol. The van der Waals surface area contributed by atoms with Gasteiger partial charge in [-0.1, -0.05) is 5.87 Å². The van der Waals surface area contributed by atoms with Gasteiger partial charge in [0.1, 0.15) is 0 Å². The Labute approximate surface area is 81.3 Å². The molecule has 2 rings (SSSR count). The molecule has 0 aromatic carbocycles. The maximum atomic E-state index is 10.9. The van der Waals surface area contributed by atoms with E-state index >= 15 is 0 Å². The van der Waals surface area contributed by atoms with E-state index < -0.39 is 5.97 Å². The fourth-order valence-corrected chi connectivity index (χ4v) is 4.07. The molecule has 0 heterocycles. The van der Waals surface area contributed by atoms with Gasteiger partial charge in [-0.15, -0.1) is 0 Å². The average molecular weight is 200 g/mol. The van der Waals surface area contributed by atoms with Crippen molar-refractivity contribution in [3.63, 3.8) is 0 Å². The predicted molar refractivity (Wildman–Crippen MR) is 56.4 cm³/mol. The fourth-order valence-electron chi connectivity index (χ4n) is 2.58. The fraction of sp³-hybridized carbons (Fsp3) is 0.800. The zero-order valence-electron chi connectivity index (χ0n) is 7.90. The van der Waals surface area contributed by atoms with Crippen LogP contribution in [-0.4, -0.2) is 28.5 Å². The van der Waals surface area contributed by atoms with E-state index in [0.717, 1.165) is 24.7 Å². The zero-order valence-corrected chi connectivity index (χ0v) is 8.72. The summed E-state index contributed by atoms with van der Waals surface area (Å²) < 4.78 is 0. The Morgan fingerprint density at radius 2 is 2.15 bits per heavy atom. The monoisotopic (exact) mass is 200 g/mol. The first kappa shape index (κ1) is 9.25. The van der Waals surface area contributed by atoms with Crippen LogP contribution in [0.5, 0.6) is 0 Å². The van der Waals surface area contributed by atoms with E-state index in [4.69, 9.17) is 5.11 Å². The van der Waals surface area contributed by atoms with Crippen molar-refractivity contribution < 1.29 is 9.90 Å². The molecule has 0 aromatic heterocycles. The second-order valence-corrected chi connectivity index (χ2v) is 6.38. The van der Waals surface area contributed by atoms with Crippen LogP contribution in [0.3, 0.4) is 0 Å². The Balaban J connectivity index is 2.06. The highest BCUT2D eigenvalue weighted by molar-refractivity contribution is 8.14. The number of carboxylic acid groups (broad SMARTS) is 1. The number of carboxylic acids is 1. The molecule has 0 aromatic rings. The number of aliphatic carboxylic acids is 1. The maximum Gasteiger partial charge on any atom is 0.306 e. The Kier molecular flexibility index (Phi) is 2.22. The van der Waals surface area contributed by atoms with Gasteiger partial charge in [0.25, 0.3) is 0 Å². The number of fused-ring (bicyclic) bond motifs is 1. The van der Waals surface area contributed by atoms with Crippen LogP contribution in [0.4, 0.5) is 0 Å². The van der Waals surface area contributed by atoms with E-state index in [1.807, 2.05) is 0 Å². The van der Waals surface area contributed by atoms with Crippen LogP contribution in [0.2, 0.25) is 0 Å². The summed E-state index contributed by atoms with van der Waals surface area (Å²) >= 11 is 0. The Bertz CT molecular complexity index is 262. The van der Waals surface area contributed by atoms with E-state index in [1.165, 1.54) is 6.42 Å². The van der Waals surface area contributed by atoms with Crippen LogP contribution in [-0.2, 0) is 4.79 Å². The lowest BCUT2D eigenvalue weighted by molar-refractivity contribution is -0.142. The zero-order chi connectivity index (χ0) is 9.59. The molecule has 5 unspecified atom stereocenters. The van der Waals surface area contributed by atoms with Crippen molar-refractivity contribution in [2.45, 2.75) is 24.5 Å². The van der Waals surface area contributed by atoms with Crippen LogP contribution in [0.1, 0.15) is 19.3 Å². The van der Waals surface area contributed by atoms with Gasteiger partial charge in [-0.2, -0.15) is 10.5 Å². The first-order valence-corrected chi connectivity index (χ1v) is 6.63. The maximum absolute atomic E-state index is 10.9. The normalized spacial score (nSPS) is 45.0. The smallest absolute Gasteiger partial charge is 0.306 e. The quantitative estimate of drug-likeness (QED) is 0.690. The molecule has 2 saturated carbocycles. The average Bonchev–Trinajstić information content (AvgIpc) is 2.79. The van der Waals surface area contributed by atoms with E-state index in [1.54, 1.807) is 0 Å². The van der Waals surface area contributed by atoms with Gasteiger partial charge in [-0.25, -0.2) is 0 Å². The van der Waals surface area contributed by atoms with Crippen LogP contribution in [0.25, 0.3) is 0 Å². The van der Waals surface area contributed by atoms with Crippen molar-refractivity contribution in [3.8, 4) is 0 Å². The molecule has 2 fully saturated rings. The molecule has 0 radical (unpaired) electrons. The third-order valence-electron chi connectivity index (χ3n) is 3.42. The van der Waals surface area contributed by atoms with Crippen LogP contribution < -0.4 is 0 Å². The van der Waals surface area contributed by atoms with Crippen molar-refractivity contribution in [2.75, 3.05) is 6.26 Å². The number of carbonyl (C=O) groups is 1. The van der Waals surface area contributed by atoms with E-state index in [0.29, 0.717) is 5.25 Å². The summed E-state index contributed by atoms with van der Waals surface area (Å²) in [5.74, 6) is 4.93. The van der Waals surface area contributed by atoms with E-state index in [9.17, 15) is 4.79 Å². The molecule has 0 saturated heterocycles. The van der Waals surface area contributed by atoms with Crippen LogP contribution in [0, 0.1) is 17.8 Å². The highest BCUT2D eigenvalue weighted by Crippen LogP contribution is 2.55. The molecule has 2 aliphatic rings. The summed E-state index contributed by atoms with van der Waals surface area (Å²) in [5.41, 5.74) is 0. The molecule has 0 bridgehead atoms. The lowest BCUT2D eigenvalue weighted by Crippen LogP contribution is -2.26. The summed E-state index contributed by atoms with van der Waals surface area (Å²) in [4.78, 5) is 10.9. The molecule has 0 spiro atoms. The van der Waals surface area contributed by atoms with Crippen molar-refractivity contribution in [2.24, 2.45) is 17.8 Å². The van der Waals surface area contributed by atoms with Crippen LogP contribution in [0.15, 0.2) is 0 Å². The summed E-state index contributed by atoms with van der Waals surface area (Å²) in [7, 11) is 0.159. The summed E-state index contributed by atoms with van der Waals surface area (Å²) in [5, 5.41) is 9.55. The topological polar surface area (TPSA) is 37.3 Å². The first-order chi connectivity index (χ1) is 6.09. The number of rotatable bonds is 2. The second-order valence-electron chi connectivity index (χ2n) is 4.40. The van der Waals surface area contributed by atoms with E-state index in [2.05, 4.69) is 12.1 Å². The Morgan fingerprint density at radius 1 is 1.46 bits per heavy atom. The molecule has 2 nitrogen and oxygen atoms in total. The van der Waals surface area contributed by atoms with Gasteiger partial charge in [0.2, 0.25) is 0 Å². The standard InChI is InChI=1S/C10H16O2S/c1-13(2)9-5-7(10(11)12)3-6-4-8(6)9/h6-9H,1,3-5H2,2H3,(H,11,12). The van der Waals surface area contributed by atoms with Gasteiger partial charge in [-0.3, -0.25) is 4.79 Å². The molecule has 3 heteroatoms. The summed E-state index contributed by atoms with van der Waals surface area (Å²) in [6.45, 7) is 0. The first-order valence-electron chi connectivity index (χ1n) is 4.77. The molecule has 2 aliphatic carbocycles. The highest BCUT2D eigenvalue weighted by atomic mass is 32.2. The largest absolute Gasteiger partial charge is 0.481 e. The molecule has 0 amide bonds. The SMILES string of the molecule is C=S(C)C1CC(C(=O)O)CC2CC21. The molecule has 1 N–H and O–H groups in total. The van der Waals surface area contributed by atoms with Crippen LogP contribution >= 0.6 is 10.5 Å².